The Hall–Kier alpha value is -0.860. The normalized spacial score (nSPS) is 25.9. The van der Waals surface area contributed by atoms with E-state index < -0.39 is 0 Å². The molecule has 112 valence electrons. The van der Waals surface area contributed by atoms with Gasteiger partial charge >= 0.3 is 0 Å². The number of hydrogen-bond acceptors (Lipinski definition) is 2. The fourth-order valence-electron chi connectivity index (χ4n) is 3.67. The van der Waals surface area contributed by atoms with Crippen LogP contribution in [0.2, 0.25) is 0 Å². The second kappa shape index (κ2) is 6.73. The van der Waals surface area contributed by atoms with Gasteiger partial charge in [-0.25, -0.2) is 0 Å². The molecular formula is C18H30N2. The Morgan fingerprint density at radius 1 is 1.25 bits per heavy atom. The molecule has 0 aromatic heterocycles. The van der Waals surface area contributed by atoms with E-state index in [1.807, 2.05) is 0 Å². The monoisotopic (exact) mass is 274 g/mol. The largest absolute Gasteiger partial charge is 0.317 e. The van der Waals surface area contributed by atoms with Crippen molar-refractivity contribution in [2.45, 2.75) is 45.7 Å². The Balaban J connectivity index is 1.92. The van der Waals surface area contributed by atoms with Crippen LogP contribution in [0.15, 0.2) is 30.3 Å². The molecule has 2 rings (SSSR count). The van der Waals surface area contributed by atoms with Gasteiger partial charge in [-0.2, -0.15) is 0 Å². The maximum absolute atomic E-state index is 3.53. The van der Waals surface area contributed by atoms with Gasteiger partial charge < -0.3 is 10.2 Å². The highest BCUT2D eigenvalue weighted by Crippen LogP contribution is 2.38. The van der Waals surface area contributed by atoms with Crippen LogP contribution in [0.4, 0.5) is 0 Å². The number of hydrogen-bond donors (Lipinski definition) is 1. The topological polar surface area (TPSA) is 15.3 Å². The van der Waals surface area contributed by atoms with Gasteiger partial charge in [0, 0.05) is 19.1 Å². The Morgan fingerprint density at radius 2 is 1.95 bits per heavy atom. The maximum Gasteiger partial charge on any atom is 0.0230 e. The number of nitrogens with one attached hydrogen (secondary N) is 1. The molecule has 2 nitrogen and oxygen atoms in total. The van der Waals surface area contributed by atoms with E-state index in [1.165, 1.54) is 31.4 Å². The smallest absolute Gasteiger partial charge is 0.0230 e. The van der Waals surface area contributed by atoms with Crippen LogP contribution in [0.25, 0.3) is 0 Å². The van der Waals surface area contributed by atoms with Crippen molar-refractivity contribution >= 4 is 0 Å². The van der Waals surface area contributed by atoms with Crippen LogP contribution in [0.5, 0.6) is 0 Å². The highest BCUT2D eigenvalue weighted by atomic mass is 15.1. The minimum atomic E-state index is 0.506. The van der Waals surface area contributed by atoms with E-state index >= 15 is 0 Å². The molecule has 0 radical (unpaired) electrons. The summed E-state index contributed by atoms with van der Waals surface area (Å²) >= 11 is 0. The predicted octanol–water partition coefficient (Wildman–Crippen LogP) is 3.53. The van der Waals surface area contributed by atoms with Gasteiger partial charge in [-0.15, -0.1) is 0 Å². The first kappa shape index (κ1) is 15.5. The van der Waals surface area contributed by atoms with Crippen LogP contribution in [-0.4, -0.2) is 31.6 Å². The number of rotatable bonds is 5. The van der Waals surface area contributed by atoms with Gasteiger partial charge in [-0.3, -0.25) is 0 Å². The molecule has 0 heterocycles. The van der Waals surface area contributed by atoms with Crippen molar-refractivity contribution in [2.75, 3.05) is 20.6 Å². The summed E-state index contributed by atoms with van der Waals surface area (Å²) in [6, 6.07) is 11.5. The van der Waals surface area contributed by atoms with Gasteiger partial charge in [0.1, 0.15) is 0 Å². The average Bonchev–Trinajstić information content (AvgIpc) is 2.39. The average molecular weight is 274 g/mol. The van der Waals surface area contributed by atoms with Crippen molar-refractivity contribution < 1.29 is 0 Å². The standard InChI is InChI=1S/C18H30N2/c1-18(2)11-10-17(19-3)16(12-18)14-20(4)13-15-8-6-5-7-9-15/h5-9,16-17,19H,10-14H2,1-4H3. The molecule has 0 amide bonds. The molecule has 1 aliphatic carbocycles. The molecular weight excluding hydrogens is 244 g/mol. The Morgan fingerprint density at radius 3 is 2.60 bits per heavy atom. The highest BCUT2D eigenvalue weighted by molar-refractivity contribution is 5.14. The molecule has 1 N–H and O–H groups in total. The first-order valence-corrected chi connectivity index (χ1v) is 7.90. The van der Waals surface area contributed by atoms with Gasteiger partial charge in [-0.1, -0.05) is 44.2 Å². The zero-order chi connectivity index (χ0) is 14.6. The molecule has 0 saturated heterocycles. The van der Waals surface area contributed by atoms with Crippen molar-refractivity contribution in [1.29, 1.82) is 0 Å². The molecule has 1 fully saturated rings. The quantitative estimate of drug-likeness (QED) is 0.883. The minimum Gasteiger partial charge on any atom is -0.317 e. The molecule has 1 aliphatic rings. The Kier molecular flexibility index (Phi) is 5.22. The van der Waals surface area contributed by atoms with E-state index in [0.29, 0.717) is 11.5 Å². The molecule has 0 spiro atoms. The summed E-state index contributed by atoms with van der Waals surface area (Å²) in [5.41, 5.74) is 1.91. The first-order chi connectivity index (χ1) is 9.50. The Labute approximate surface area is 124 Å². The van der Waals surface area contributed by atoms with Crippen LogP contribution < -0.4 is 5.32 Å². The van der Waals surface area contributed by atoms with Crippen molar-refractivity contribution in [3.8, 4) is 0 Å². The van der Waals surface area contributed by atoms with Crippen LogP contribution in [-0.2, 0) is 6.54 Å². The van der Waals surface area contributed by atoms with E-state index in [2.05, 4.69) is 68.5 Å². The molecule has 20 heavy (non-hydrogen) atoms. The molecule has 1 aromatic rings. The van der Waals surface area contributed by atoms with E-state index in [0.717, 1.165) is 12.5 Å². The Bertz CT molecular complexity index is 399. The third-order valence-corrected chi connectivity index (χ3v) is 4.73. The molecule has 1 aromatic carbocycles. The maximum atomic E-state index is 3.53. The fourth-order valence-corrected chi connectivity index (χ4v) is 3.67. The van der Waals surface area contributed by atoms with Crippen LogP contribution >= 0.6 is 0 Å². The summed E-state index contributed by atoms with van der Waals surface area (Å²) in [5, 5.41) is 3.53. The van der Waals surface area contributed by atoms with Crippen LogP contribution in [0.3, 0.4) is 0 Å². The third kappa shape index (κ3) is 4.32. The lowest BCUT2D eigenvalue weighted by Crippen LogP contribution is -2.45. The van der Waals surface area contributed by atoms with Crippen molar-refractivity contribution in [3.63, 3.8) is 0 Å². The molecule has 0 aliphatic heterocycles. The lowest BCUT2D eigenvalue weighted by atomic mass is 9.69. The summed E-state index contributed by atoms with van der Waals surface area (Å²) < 4.78 is 0. The van der Waals surface area contributed by atoms with Gasteiger partial charge in [0.25, 0.3) is 0 Å². The molecule has 1 saturated carbocycles. The highest BCUT2D eigenvalue weighted by Gasteiger charge is 2.34. The van der Waals surface area contributed by atoms with Crippen LogP contribution in [0, 0.1) is 11.3 Å². The number of nitrogens with zero attached hydrogens (tertiary/aromatic N) is 1. The lowest BCUT2D eigenvalue weighted by Gasteiger charge is -2.42. The third-order valence-electron chi connectivity index (χ3n) is 4.73. The summed E-state index contributed by atoms with van der Waals surface area (Å²) in [4.78, 5) is 2.48. The summed E-state index contributed by atoms with van der Waals surface area (Å²) in [7, 11) is 4.37. The van der Waals surface area contributed by atoms with E-state index in [-0.39, 0.29) is 0 Å². The zero-order valence-electron chi connectivity index (χ0n) is 13.5. The summed E-state index contributed by atoms with van der Waals surface area (Å²) in [6.07, 6.45) is 3.99. The predicted molar refractivity (Wildman–Crippen MR) is 86.7 cm³/mol. The zero-order valence-corrected chi connectivity index (χ0v) is 13.5. The summed E-state index contributed by atoms with van der Waals surface area (Å²) in [6.45, 7) is 7.07. The molecule has 0 bridgehead atoms. The van der Waals surface area contributed by atoms with Crippen molar-refractivity contribution in [1.82, 2.24) is 10.2 Å². The molecule has 2 unspecified atom stereocenters. The first-order valence-electron chi connectivity index (χ1n) is 7.90. The van der Waals surface area contributed by atoms with Crippen molar-refractivity contribution in [3.05, 3.63) is 35.9 Å². The van der Waals surface area contributed by atoms with Gasteiger partial charge in [0.05, 0.1) is 0 Å². The molecule has 2 heteroatoms. The number of benzene rings is 1. The SMILES string of the molecule is CNC1CCC(C)(C)CC1CN(C)Cc1ccccc1. The second-order valence-electron chi connectivity index (χ2n) is 7.24. The van der Waals surface area contributed by atoms with Crippen LogP contribution in [0.1, 0.15) is 38.7 Å². The van der Waals surface area contributed by atoms with Crippen molar-refractivity contribution in [2.24, 2.45) is 11.3 Å². The molecule has 2 atom stereocenters. The second-order valence-corrected chi connectivity index (χ2v) is 7.24. The summed E-state index contributed by atoms with van der Waals surface area (Å²) in [5.74, 6) is 0.762. The fraction of sp³-hybridized carbons (Fsp3) is 0.667. The lowest BCUT2D eigenvalue weighted by molar-refractivity contribution is 0.110. The van der Waals surface area contributed by atoms with Gasteiger partial charge in [-0.05, 0) is 50.3 Å². The van der Waals surface area contributed by atoms with E-state index in [4.69, 9.17) is 0 Å². The van der Waals surface area contributed by atoms with E-state index in [9.17, 15) is 0 Å². The van der Waals surface area contributed by atoms with Gasteiger partial charge in [0.15, 0.2) is 0 Å². The minimum absolute atomic E-state index is 0.506. The van der Waals surface area contributed by atoms with E-state index in [1.54, 1.807) is 0 Å². The van der Waals surface area contributed by atoms with Gasteiger partial charge in [0.2, 0.25) is 0 Å².